The topological polar surface area (TPSA) is 40.9 Å². The van der Waals surface area contributed by atoms with Gasteiger partial charge in [0.15, 0.2) is 0 Å². The number of halogens is 1. The molecule has 0 aromatic heterocycles. The summed E-state index contributed by atoms with van der Waals surface area (Å²) in [6.07, 6.45) is 3.39. The Bertz CT molecular complexity index is 354. The third-order valence-electron chi connectivity index (χ3n) is 1.81. The minimum atomic E-state index is -0.274. The second-order valence-electron chi connectivity index (χ2n) is 2.77. The molecule has 14 heavy (non-hydrogen) atoms. The van der Waals surface area contributed by atoms with Gasteiger partial charge < -0.3 is 5.41 Å². The first-order valence-corrected chi connectivity index (χ1v) is 4.60. The second-order valence-corrected chi connectivity index (χ2v) is 3.02. The van der Waals surface area contributed by atoms with Crippen LogP contribution in [0.1, 0.15) is 15.9 Å². The number of nitrogens with one attached hydrogen (secondary N) is 1. The normalized spacial score (nSPS) is 10.4. The van der Waals surface area contributed by atoms with Crippen molar-refractivity contribution in [2.45, 2.75) is 6.42 Å². The molecule has 0 spiro atoms. The third kappa shape index (κ3) is 2.82. The molecule has 0 amide bonds. The number of ketones is 1. The molecule has 0 heterocycles. The second kappa shape index (κ2) is 5.35. The van der Waals surface area contributed by atoms with Gasteiger partial charge in [0.05, 0.1) is 6.21 Å². The Balaban J connectivity index is 2.78. The fourth-order valence-corrected chi connectivity index (χ4v) is 1.16. The first kappa shape index (κ1) is 10.7. The Morgan fingerprint density at radius 2 is 2.00 bits per heavy atom. The van der Waals surface area contributed by atoms with E-state index in [4.69, 9.17) is 17.0 Å². The molecule has 72 valence electrons. The molecule has 1 aromatic rings. The van der Waals surface area contributed by atoms with Gasteiger partial charge in [0.25, 0.3) is 0 Å². The van der Waals surface area contributed by atoms with Crippen LogP contribution in [-0.2, 0) is 6.42 Å². The Morgan fingerprint density at radius 1 is 1.36 bits per heavy atom. The number of carbonyl (C=O) groups is 1. The molecule has 0 saturated heterocycles. The van der Waals surface area contributed by atoms with Crippen LogP contribution in [0.5, 0.6) is 0 Å². The summed E-state index contributed by atoms with van der Waals surface area (Å²) in [5.41, 5.74) is 3.10. The molecule has 1 rings (SSSR count). The zero-order valence-corrected chi connectivity index (χ0v) is 8.29. The maximum Gasteiger partial charge on any atom is 0.203 e. The van der Waals surface area contributed by atoms with Crippen molar-refractivity contribution in [2.24, 2.45) is 0 Å². The van der Waals surface area contributed by atoms with Gasteiger partial charge in [-0.05, 0) is 12.0 Å². The fourth-order valence-electron chi connectivity index (χ4n) is 1.07. The van der Waals surface area contributed by atoms with Crippen molar-refractivity contribution in [2.75, 3.05) is 0 Å². The Morgan fingerprint density at radius 3 is 2.50 bits per heavy atom. The predicted molar refractivity (Wildman–Crippen MR) is 58.3 cm³/mol. The van der Waals surface area contributed by atoms with Crippen LogP contribution in [0.25, 0.3) is 0 Å². The molecule has 2 nitrogen and oxygen atoms in total. The quantitative estimate of drug-likeness (QED) is 0.599. The van der Waals surface area contributed by atoms with E-state index in [-0.39, 0.29) is 5.78 Å². The van der Waals surface area contributed by atoms with Crippen LogP contribution in [-0.4, -0.2) is 12.0 Å². The van der Waals surface area contributed by atoms with Gasteiger partial charge in [0.2, 0.25) is 5.78 Å². The lowest BCUT2D eigenvalue weighted by atomic mass is 10.1. The van der Waals surface area contributed by atoms with E-state index in [1.54, 1.807) is 12.1 Å². The lowest BCUT2D eigenvalue weighted by Gasteiger charge is -1.98. The first-order chi connectivity index (χ1) is 6.77. The Hall–Kier alpha value is -1.41. The molecule has 0 atom stereocenters. The maximum absolute atomic E-state index is 11.1. The zero-order chi connectivity index (χ0) is 10.4. The number of carbonyl (C=O) groups excluding carboxylic acids is 1. The molecule has 0 aliphatic carbocycles. The van der Waals surface area contributed by atoms with E-state index < -0.39 is 0 Å². The number of Topliss-reactive ketones (excluding diaryl/α,β-unsaturated/α-hetero) is 1. The van der Waals surface area contributed by atoms with Gasteiger partial charge in [-0.2, -0.15) is 0 Å². The molecule has 3 heteroatoms. The van der Waals surface area contributed by atoms with E-state index in [0.717, 1.165) is 18.2 Å². The van der Waals surface area contributed by atoms with Gasteiger partial charge in [-0.15, -0.1) is 0 Å². The van der Waals surface area contributed by atoms with Crippen molar-refractivity contribution in [1.82, 2.24) is 0 Å². The van der Waals surface area contributed by atoms with Crippen LogP contribution in [0.3, 0.4) is 0 Å². The summed E-state index contributed by atoms with van der Waals surface area (Å²) in [5.74, 6) is -0.274. The van der Waals surface area contributed by atoms with Crippen molar-refractivity contribution in [3.05, 3.63) is 47.0 Å². The monoisotopic (exact) mass is 207 g/mol. The Kier molecular flexibility index (Phi) is 4.08. The number of rotatable bonds is 4. The van der Waals surface area contributed by atoms with Crippen LogP contribution in [0.2, 0.25) is 0 Å². The molecule has 0 bridgehead atoms. The van der Waals surface area contributed by atoms with Crippen LogP contribution in [0, 0.1) is 5.41 Å². The molecular weight excluding hydrogens is 198 g/mol. The summed E-state index contributed by atoms with van der Waals surface area (Å²) >= 11 is 5.39. The average Bonchev–Trinajstić information content (AvgIpc) is 2.26. The highest BCUT2D eigenvalue weighted by Crippen LogP contribution is 2.06. The highest BCUT2D eigenvalue weighted by molar-refractivity contribution is 6.34. The van der Waals surface area contributed by atoms with Crippen molar-refractivity contribution in [1.29, 1.82) is 5.41 Å². The number of benzene rings is 1. The highest BCUT2D eigenvalue weighted by atomic mass is 35.5. The van der Waals surface area contributed by atoms with Gasteiger partial charge >= 0.3 is 0 Å². The molecule has 0 fully saturated rings. The number of hydrogen-bond donors (Lipinski definition) is 1. The minimum absolute atomic E-state index is 0.274. The summed E-state index contributed by atoms with van der Waals surface area (Å²) in [4.78, 5) is 11.1. The van der Waals surface area contributed by atoms with E-state index in [1.807, 2.05) is 18.2 Å². The minimum Gasteiger partial charge on any atom is -0.305 e. The van der Waals surface area contributed by atoms with Crippen molar-refractivity contribution >= 4 is 23.6 Å². The van der Waals surface area contributed by atoms with E-state index in [1.165, 1.54) is 5.54 Å². The lowest BCUT2D eigenvalue weighted by molar-refractivity contribution is 0.107. The van der Waals surface area contributed by atoms with Crippen LogP contribution in [0.15, 0.2) is 35.9 Å². The summed E-state index contributed by atoms with van der Waals surface area (Å²) in [5, 5.41) is 6.81. The first-order valence-electron chi connectivity index (χ1n) is 4.17. The molecule has 1 aromatic carbocycles. The predicted octanol–water partition coefficient (Wildman–Crippen LogP) is 2.81. The van der Waals surface area contributed by atoms with Gasteiger partial charge in [-0.25, -0.2) is 0 Å². The largest absolute Gasteiger partial charge is 0.305 e. The molecule has 0 saturated carbocycles. The van der Waals surface area contributed by atoms with Crippen molar-refractivity contribution in [3.63, 3.8) is 0 Å². The standard InChI is InChI=1S/C11H10ClNO/c12-7-1-2-9-3-5-10(6-4-9)11(14)8-13/h1,3-8,13H,2H2. The van der Waals surface area contributed by atoms with Gasteiger partial charge in [-0.3, -0.25) is 4.79 Å². The van der Waals surface area contributed by atoms with E-state index >= 15 is 0 Å². The van der Waals surface area contributed by atoms with Gasteiger partial charge in [-0.1, -0.05) is 41.9 Å². The van der Waals surface area contributed by atoms with Crippen LogP contribution < -0.4 is 0 Å². The molecule has 0 aliphatic rings. The Labute approximate surface area is 87.7 Å². The highest BCUT2D eigenvalue weighted by Gasteiger charge is 2.00. The summed E-state index contributed by atoms with van der Waals surface area (Å²) in [6.45, 7) is 0. The zero-order valence-electron chi connectivity index (χ0n) is 7.53. The summed E-state index contributed by atoms with van der Waals surface area (Å²) in [6, 6.07) is 7.14. The van der Waals surface area contributed by atoms with Gasteiger partial charge in [0, 0.05) is 11.1 Å². The third-order valence-corrected chi connectivity index (χ3v) is 1.99. The molecule has 1 N–H and O–H groups in total. The van der Waals surface area contributed by atoms with Crippen molar-refractivity contribution < 1.29 is 4.79 Å². The summed E-state index contributed by atoms with van der Waals surface area (Å²) in [7, 11) is 0. The summed E-state index contributed by atoms with van der Waals surface area (Å²) < 4.78 is 0. The van der Waals surface area contributed by atoms with E-state index in [0.29, 0.717) is 5.56 Å². The van der Waals surface area contributed by atoms with E-state index in [9.17, 15) is 4.79 Å². The average molecular weight is 208 g/mol. The number of allylic oxidation sites excluding steroid dienone is 1. The van der Waals surface area contributed by atoms with Crippen LogP contribution in [0.4, 0.5) is 0 Å². The molecule has 0 unspecified atom stereocenters. The van der Waals surface area contributed by atoms with E-state index in [2.05, 4.69) is 0 Å². The molecule has 0 radical (unpaired) electrons. The smallest absolute Gasteiger partial charge is 0.203 e. The van der Waals surface area contributed by atoms with Crippen molar-refractivity contribution in [3.8, 4) is 0 Å². The fraction of sp³-hybridized carbons (Fsp3) is 0.0909. The molecule has 0 aliphatic heterocycles. The maximum atomic E-state index is 11.1. The molecular formula is C11H10ClNO. The lowest BCUT2D eigenvalue weighted by Crippen LogP contribution is -1.98. The number of hydrogen-bond acceptors (Lipinski definition) is 2. The van der Waals surface area contributed by atoms with Gasteiger partial charge in [0.1, 0.15) is 0 Å². The van der Waals surface area contributed by atoms with Crippen LogP contribution >= 0.6 is 11.6 Å². The SMILES string of the molecule is N=CC(=O)c1ccc(CC=CCl)cc1.